The molecule has 1 aromatic rings. The van der Waals surface area contributed by atoms with E-state index in [4.69, 9.17) is 0 Å². The molecule has 0 fully saturated rings. The van der Waals surface area contributed by atoms with Crippen LogP contribution in [0.5, 0.6) is 0 Å². The zero-order valence-corrected chi connectivity index (χ0v) is 12.1. The van der Waals surface area contributed by atoms with Crippen LogP contribution in [0.3, 0.4) is 0 Å². The summed E-state index contributed by atoms with van der Waals surface area (Å²) in [6.45, 7) is 5.51. The van der Waals surface area contributed by atoms with E-state index in [1.54, 1.807) is 6.92 Å². The quantitative estimate of drug-likeness (QED) is 0.729. The van der Waals surface area contributed by atoms with Crippen LogP contribution in [0.25, 0.3) is 0 Å². The van der Waals surface area contributed by atoms with Crippen molar-refractivity contribution in [1.29, 1.82) is 0 Å². The van der Waals surface area contributed by atoms with Gasteiger partial charge in [-0.3, -0.25) is 4.79 Å². The minimum Gasteiger partial charge on any atom is -0.351 e. The molecule has 0 aliphatic rings. The van der Waals surface area contributed by atoms with Crippen LogP contribution in [0.15, 0.2) is 0 Å². The van der Waals surface area contributed by atoms with Gasteiger partial charge >= 0.3 is 0 Å². The van der Waals surface area contributed by atoms with E-state index in [9.17, 15) is 4.79 Å². The van der Waals surface area contributed by atoms with Gasteiger partial charge in [-0.25, -0.2) is 4.98 Å². The van der Waals surface area contributed by atoms with Crippen LogP contribution in [0.2, 0.25) is 0 Å². The van der Waals surface area contributed by atoms with Gasteiger partial charge in [0, 0.05) is 20.5 Å². The molecule has 0 aliphatic carbocycles. The Balaban J connectivity index is 2.60. The maximum absolute atomic E-state index is 11.4. The van der Waals surface area contributed by atoms with E-state index in [0.29, 0.717) is 0 Å². The third-order valence-electron chi connectivity index (χ3n) is 2.53. The smallest absolute Gasteiger partial charge is 0.185 e. The normalized spacial score (nSPS) is 10.9. The molecule has 4 nitrogen and oxygen atoms in total. The second-order valence-corrected chi connectivity index (χ2v) is 5.52. The number of nitrogens with zero attached hydrogens (tertiary/aromatic N) is 3. The van der Waals surface area contributed by atoms with Crippen molar-refractivity contribution in [2.45, 2.75) is 20.3 Å². The Morgan fingerprint density at radius 2 is 1.94 bits per heavy atom. The zero-order chi connectivity index (χ0) is 13.0. The number of hydrogen-bond donors (Lipinski definition) is 0. The Labute approximate surface area is 107 Å². The molecule has 1 rings (SSSR count). The summed E-state index contributed by atoms with van der Waals surface area (Å²) in [6, 6.07) is 0. The van der Waals surface area contributed by atoms with E-state index in [2.05, 4.69) is 28.9 Å². The lowest BCUT2D eigenvalue weighted by molar-refractivity contribution is 0.102. The molecule has 0 saturated heterocycles. The molecule has 96 valence electrons. The molecule has 1 aromatic heterocycles. The van der Waals surface area contributed by atoms with E-state index in [1.807, 2.05) is 14.0 Å². The predicted molar refractivity (Wildman–Crippen MR) is 73.3 cm³/mol. The summed E-state index contributed by atoms with van der Waals surface area (Å²) < 4.78 is 0. The predicted octanol–water partition coefficient (Wildman–Crippen LogP) is 2.04. The number of anilines is 1. The fourth-order valence-corrected chi connectivity index (χ4v) is 2.54. The highest BCUT2D eigenvalue weighted by molar-refractivity contribution is 7.17. The molecule has 0 radical (unpaired) electrons. The minimum atomic E-state index is 0.105. The van der Waals surface area contributed by atoms with Crippen LogP contribution in [0.1, 0.15) is 28.7 Å². The van der Waals surface area contributed by atoms with Crippen molar-refractivity contribution in [2.24, 2.45) is 0 Å². The molecule has 1 heterocycles. The number of aromatic nitrogens is 1. The number of ketones is 1. The van der Waals surface area contributed by atoms with Crippen molar-refractivity contribution < 1.29 is 4.79 Å². The van der Waals surface area contributed by atoms with Gasteiger partial charge in [-0.2, -0.15) is 0 Å². The Kier molecular flexibility index (Phi) is 5.08. The second-order valence-electron chi connectivity index (χ2n) is 4.55. The maximum atomic E-state index is 11.4. The van der Waals surface area contributed by atoms with Crippen LogP contribution in [0, 0.1) is 6.92 Å². The van der Waals surface area contributed by atoms with Crippen molar-refractivity contribution in [2.75, 3.05) is 39.1 Å². The number of carbonyl (C=O) groups excluding carboxylic acids is 1. The lowest BCUT2D eigenvalue weighted by Crippen LogP contribution is -2.23. The number of Topliss-reactive ketones (excluding diaryl/α,β-unsaturated/α-hetero) is 1. The van der Waals surface area contributed by atoms with Crippen LogP contribution < -0.4 is 4.90 Å². The average molecular weight is 255 g/mol. The third-order valence-corrected chi connectivity index (χ3v) is 3.90. The van der Waals surface area contributed by atoms with Gasteiger partial charge in [0.05, 0.1) is 10.6 Å². The van der Waals surface area contributed by atoms with Crippen molar-refractivity contribution >= 4 is 22.3 Å². The van der Waals surface area contributed by atoms with Crippen molar-refractivity contribution in [3.05, 3.63) is 10.6 Å². The molecule has 0 bridgehead atoms. The van der Waals surface area contributed by atoms with Gasteiger partial charge in [-0.1, -0.05) is 11.3 Å². The topological polar surface area (TPSA) is 36.4 Å². The molecule has 0 spiro atoms. The highest BCUT2D eigenvalue weighted by atomic mass is 32.1. The van der Waals surface area contributed by atoms with Crippen molar-refractivity contribution in [3.8, 4) is 0 Å². The summed E-state index contributed by atoms with van der Waals surface area (Å²) in [5.41, 5.74) is 0.844. The molecule has 0 aliphatic heterocycles. The molecule has 17 heavy (non-hydrogen) atoms. The number of thiazole rings is 1. The van der Waals surface area contributed by atoms with Gasteiger partial charge in [0.1, 0.15) is 0 Å². The monoisotopic (exact) mass is 255 g/mol. The Morgan fingerprint density at radius 3 is 2.41 bits per heavy atom. The lowest BCUT2D eigenvalue weighted by Gasteiger charge is -2.17. The molecule has 0 saturated carbocycles. The summed E-state index contributed by atoms with van der Waals surface area (Å²) in [5, 5.41) is 0.937. The standard InChI is InChI=1S/C12H21N3OS/c1-9-11(10(2)16)17-12(13-9)15(5)8-6-7-14(3)4/h6-8H2,1-5H3. The van der Waals surface area contributed by atoms with Gasteiger partial charge in [-0.15, -0.1) is 0 Å². The number of rotatable bonds is 6. The van der Waals surface area contributed by atoms with E-state index in [0.717, 1.165) is 35.2 Å². The summed E-state index contributed by atoms with van der Waals surface area (Å²) in [7, 11) is 6.17. The number of hydrogen-bond acceptors (Lipinski definition) is 5. The van der Waals surface area contributed by atoms with E-state index < -0.39 is 0 Å². The fourth-order valence-electron chi connectivity index (χ4n) is 1.59. The Morgan fingerprint density at radius 1 is 1.29 bits per heavy atom. The average Bonchev–Trinajstić information content (AvgIpc) is 2.59. The number of carbonyl (C=O) groups is 1. The maximum Gasteiger partial charge on any atom is 0.185 e. The molecule has 0 aromatic carbocycles. The van der Waals surface area contributed by atoms with Gasteiger partial charge in [0.25, 0.3) is 0 Å². The Hall–Kier alpha value is -0.940. The van der Waals surface area contributed by atoms with Crippen LogP contribution >= 0.6 is 11.3 Å². The Bertz CT molecular complexity index is 387. The number of aryl methyl sites for hydroxylation is 1. The minimum absolute atomic E-state index is 0.105. The van der Waals surface area contributed by atoms with Gasteiger partial charge in [-0.05, 0) is 34.0 Å². The van der Waals surface area contributed by atoms with Gasteiger partial charge in [0.2, 0.25) is 0 Å². The molecule has 0 amide bonds. The summed E-state index contributed by atoms with van der Waals surface area (Å²) in [5.74, 6) is 0.105. The molecule has 0 atom stereocenters. The first-order chi connectivity index (χ1) is 7.91. The van der Waals surface area contributed by atoms with Gasteiger partial charge < -0.3 is 9.80 Å². The molecular weight excluding hydrogens is 234 g/mol. The molecule has 0 N–H and O–H groups in total. The SMILES string of the molecule is CC(=O)c1sc(N(C)CCCN(C)C)nc1C. The van der Waals surface area contributed by atoms with Gasteiger partial charge in [0.15, 0.2) is 10.9 Å². The third kappa shape index (κ3) is 4.09. The second kappa shape index (κ2) is 6.12. The first kappa shape index (κ1) is 14.1. The van der Waals surface area contributed by atoms with E-state index in [-0.39, 0.29) is 5.78 Å². The first-order valence-electron chi connectivity index (χ1n) is 5.76. The molecular formula is C12H21N3OS. The molecule has 0 unspecified atom stereocenters. The van der Waals surface area contributed by atoms with Crippen molar-refractivity contribution in [3.63, 3.8) is 0 Å². The zero-order valence-electron chi connectivity index (χ0n) is 11.3. The van der Waals surface area contributed by atoms with E-state index >= 15 is 0 Å². The molecule has 5 heteroatoms. The lowest BCUT2D eigenvalue weighted by atomic mass is 10.3. The summed E-state index contributed by atoms with van der Waals surface area (Å²) in [4.78, 5) is 20.9. The largest absolute Gasteiger partial charge is 0.351 e. The highest BCUT2D eigenvalue weighted by Crippen LogP contribution is 2.25. The van der Waals surface area contributed by atoms with E-state index in [1.165, 1.54) is 11.3 Å². The first-order valence-corrected chi connectivity index (χ1v) is 6.57. The summed E-state index contributed by atoms with van der Waals surface area (Å²) >= 11 is 1.49. The van der Waals surface area contributed by atoms with Crippen LogP contribution in [-0.2, 0) is 0 Å². The highest BCUT2D eigenvalue weighted by Gasteiger charge is 2.13. The van der Waals surface area contributed by atoms with Crippen molar-refractivity contribution in [1.82, 2.24) is 9.88 Å². The van der Waals surface area contributed by atoms with Crippen LogP contribution in [0.4, 0.5) is 5.13 Å². The fraction of sp³-hybridized carbons (Fsp3) is 0.667. The summed E-state index contributed by atoms with van der Waals surface area (Å²) in [6.07, 6.45) is 1.09. The van der Waals surface area contributed by atoms with Crippen LogP contribution in [-0.4, -0.2) is 49.9 Å².